The van der Waals surface area contributed by atoms with Crippen LogP contribution in [-0.2, 0) is 9.53 Å². The summed E-state index contributed by atoms with van der Waals surface area (Å²) in [6.07, 6.45) is 7.70. The van der Waals surface area contributed by atoms with Gasteiger partial charge in [0.05, 0.1) is 12.6 Å². The summed E-state index contributed by atoms with van der Waals surface area (Å²) < 4.78 is 6.01. The lowest BCUT2D eigenvalue weighted by molar-refractivity contribution is -0.145. The molecule has 2 fully saturated rings. The molecule has 2 unspecified atom stereocenters. The summed E-state index contributed by atoms with van der Waals surface area (Å²) in [5.74, 6) is 0.678. The predicted octanol–water partition coefficient (Wildman–Crippen LogP) is 2.19. The lowest BCUT2D eigenvalue weighted by Crippen LogP contribution is -2.66. The minimum Gasteiger partial charge on any atom is -0.378 e. The fourth-order valence-corrected chi connectivity index (χ4v) is 4.25. The monoisotopic (exact) mass is 352 g/mol. The van der Waals surface area contributed by atoms with Gasteiger partial charge in [0, 0.05) is 30.7 Å². The Morgan fingerprint density at radius 2 is 1.92 bits per heavy atom. The van der Waals surface area contributed by atoms with Crippen LogP contribution in [0.4, 0.5) is 0 Å². The number of nitrogens with zero attached hydrogens (tertiary/aromatic N) is 1. The second-order valence-corrected chi connectivity index (χ2v) is 8.39. The summed E-state index contributed by atoms with van der Waals surface area (Å²) in [7, 11) is 1.75. The summed E-state index contributed by atoms with van der Waals surface area (Å²) in [6, 6.07) is 0.376. The average Bonchev–Trinajstić information content (AvgIpc) is 2.56. The van der Waals surface area contributed by atoms with Crippen molar-refractivity contribution in [2.75, 3.05) is 20.2 Å². The van der Waals surface area contributed by atoms with Gasteiger partial charge in [-0.25, -0.2) is 0 Å². The number of carbonyl (C=O) groups is 1. The zero-order valence-corrected chi connectivity index (χ0v) is 16.6. The van der Waals surface area contributed by atoms with Crippen LogP contribution in [0.3, 0.4) is 0 Å². The van der Waals surface area contributed by atoms with E-state index < -0.39 is 0 Å². The molecule has 6 nitrogen and oxygen atoms in total. The first kappa shape index (κ1) is 20.0. The van der Waals surface area contributed by atoms with E-state index in [0.29, 0.717) is 18.1 Å². The molecular weight excluding hydrogens is 316 g/mol. The molecule has 2 atom stereocenters. The van der Waals surface area contributed by atoms with Gasteiger partial charge in [-0.2, -0.15) is 0 Å². The summed E-state index contributed by atoms with van der Waals surface area (Å²) in [6.45, 7) is 9.02. The van der Waals surface area contributed by atoms with Gasteiger partial charge < -0.3 is 20.7 Å². The number of amides is 1. The number of hydrogen-bond donors (Lipinski definition) is 3. The highest BCUT2D eigenvalue weighted by Gasteiger charge is 2.55. The van der Waals surface area contributed by atoms with Crippen LogP contribution in [0.2, 0.25) is 0 Å². The molecule has 25 heavy (non-hydrogen) atoms. The number of carbonyl (C=O) groups excluding carboxylic acids is 1. The number of hydrogen-bond acceptors (Lipinski definition) is 3. The third-order valence-electron chi connectivity index (χ3n) is 5.40. The van der Waals surface area contributed by atoms with Crippen molar-refractivity contribution >= 4 is 11.9 Å². The van der Waals surface area contributed by atoms with Gasteiger partial charge in [0.1, 0.15) is 0 Å². The molecule has 6 heteroatoms. The van der Waals surface area contributed by atoms with Gasteiger partial charge in [-0.15, -0.1) is 0 Å². The van der Waals surface area contributed by atoms with Gasteiger partial charge in [0.2, 0.25) is 5.91 Å². The third kappa shape index (κ3) is 5.09. The van der Waals surface area contributed by atoms with Crippen LogP contribution in [-0.4, -0.2) is 49.8 Å². The molecule has 0 aromatic carbocycles. The van der Waals surface area contributed by atoms with E-state index >= 15 is 0 Å². The van der Waals surface area contributed by atoms with E-state index in [9.17, 15) is 4.79 Å². The molecule has 2 saturated carbocycles. The van der Waals surface area contributed by atoms with Crippen molar-refractivity contribution < 1.29 is 9.53 Å². The molecule has 3 N–H and O–H groups in total. The summed E-state index contributed by atoms with van der Waals surface area (Å²) in [5.41, 5.74) is 0.0140. The molecule has 0 aromatic heterocycles. The van der Waals surface area contributed by atoms with Crippen LogP contribution in [0.25, 0.3) is 0 Å². The normalized spacial score (nSPS) is 26.0. The standard InChI is InChI=1S/C19H36N4O2/c1-6-25-15-12-14(19(15)10-8-7-9-11-19)22-17(20-5)21-13-16(24)23-18(2,3)4/h14-15H,6-13H2,1-5H3,(H,23,24)(H2,20,21,22). The summed E-state index contributed by atoms with van der Waals surface area (Å²) >= 11 is 0. The number of aliphatic imine (C=N–C) groups is 1. The van der Waals surface area contributed by atoms with Crippen molar-refractivity contribution in [2.45, 2.75) is 83.9 Å². The minimum atomic E-state index is -0.222. The largest absolute Gasteiger partial charge is 0.378 e. The number of guanidine groups is 1. The summed E-state index contributed by atoms with van der Waals surface area (Å²) in [5, 5.41) is 9.65. The summed E-state index contributed by atoms with van der Waals surface area (Å²) in [4.78, 5) is 16.3. The Morgan fingerprint density at radius 1 is 1.24 bits per heavy atom. The van der Waals surface area contributed by atoms with Gasteiger partial charge in [0.15, 0.2) is 5.96 Å². The third-order valence-corrected chi connectivity index (χ3v) is 5.40. The van der Waals surface area contributed by atoms with Crippen LogP contribution in [0, 0.1) is 5.41 Å². The molecule has 1 spiro atoms. The molecule has 0 saturated heterocycles. The van der Waals surface area contributed by atoms with E-state index in [1.165, 1.54) is 32.1 Å². The fourth-order valence-electron chi connectivity index (χ4n) is 4.25. The van der Waals surface area contributed by atoms with E-state index in [1.54, 1.807) is 7.05 Å². The Labute approximate surface area is 152 Å². The van der Waals surface area contributed by atoms with Crippen molar-refractivity contribution in [1.29, 1.82) is 0 Å². The van der Waals surface area contributed by atoms with Crippen LogP contribution in [0.15, 0.2) is 4.99 Å². The minimum absolute atomic E-state index is 0.0244. The van der Waals surface area contributed by atoms with Crippen LogP contribution in [0.1, 0.15) is 66.2 Å². The number of ether oxygens (including phenoxy) is 1. The van der Waals surface area contributed by atoms with Crippen LogP contribution < -0.4 is 16.0 Å². The second-order valence-electron chi connectivity index (χ2n) is 8.39. The van der Waals surface area contributed by atoms with Gasteiger partial charge in [-0.3, -0.25) is 9.79 Å². The van der Waals surface area contributed by atoms with Crippen molar-refractivity contribution in [1.82, 2.24) is 16.0 Å². The molecule has 0 radical (unpaired) electrons. The van der Waals surface area contributed by atoms with Crippen LogP contribution in [0.5, 0.6) is 0 Å². The quantitative estimate of drug-likeness (QED) is 0.524. The van der Waals surface area contributed by atoms with Gasteiger partial charge in [-0.05, 0) is 47.0 Å². The second kappa shape index (κ2) is 8.39. The smallest absolute Gasteiger partial charge is 0.239 e. The first-order valence-corrected chi connectivity index (χ1v) is 9.70. The molecular formula is C19H36N4O2. The average molecular weight is 353 g/mol. The molecule has 0 aromatic rings. The van der Waals surface area contributed by atoms with Crippen molar-refractivity contribution in [2.24, 2.45) is 10.4 Å². The Balaban J connectivity index is 1.89. The highest BCUT2D eigenvalue weighted by molar-refractivity contribution is 5.86. The Morgan fingerprint density at radius 3 is 2.48 bits per heavy atom. The number of nitrogens with one attached hydrogen (secondary N) is 3. The van der Waals surface area contributed by atoms with Gasteiger partial charge >= 0.3 is 0 Å². The molecule has 2 rings (SSSR count). The highest BCUT2D eigenvalue weighted by atomic mass is 16.5. The SMILES string of the molecule is CCOC1CC(NC(=NC)NCC(=O)NC(C)(C)C)C12CCCCC2. The Hall–Kier alpha value is -1.30. The Kier molecular flexibility index (Phi) is 6.72. The zero-order chi connectivity index (χ0) is 18.5. The van der Waals surface area contributed by atoms with E-state index in [-0.39, 0.29) is 23.4 Å². The number of rotatable bonds is 5. The maximum Gasteiger partial charge on any atom is 0.239 e. The molecule has 1 amide bonds. The first-order chi connectivity index (χ1) is 11.8. The van der Waals surface area contributed by atoms with Gasteiger partial charge in [-0.1, -0.05) is 19.3 Å². The van der Waals surface area contributed by atoms with E-state index in [4.69, 9.17) is 4.74 Å². The van der Waals surface area contributed by atoms with Crippen molar-refractivity contribution in [3.63, 3.8) is 0 Å². The lowest BCUT2D eigenvalue weighted by atomic mass is 9.55. The van der Waals surface area contributed by atoms with Crippen LogP contribution >= 0.6 is 0 Å². The fraction of sp³-hybridized carbons (Fsp3) is 0.895. The molecule has 144 valence electrons. The maximum atomic E-state index is 12.0. The Bertz CT molecular complexity index is 478. The topological polar surface area (TPSA) is 74.8 Å². The van der Waals surface area contributed by atoms with E-state index in [0.717, 1.165) is 13.0 Å². The predicted molar refractivity (Wildman–Crippen MR) is 102 cm³/mol. The van der Waals surface area contributed by atoms with Crippen molar-refractivity contribution in [3.05, 3.63) is 0 Å². The molecule has 0 aliphatic heterocycles. The molecule has 0 heterocycles. The highest BCUT2D eigenvalue weighted by Crippen LogP contribution is 2.53. The maximum absolute atomic E-state index is 12.0. The van der Waals surface area contributed by atoms with Crippen molar-refractivity contribution in [3.8, 4) is 0 Å². The van der Waals surface area contributed by atoms with E-state index in [1.807, 2.05) is 20.8 Å². The molecule has 2 aliphatic carbocycles. The first-order valence-electron chi connectivity index (χ1n) is 9.70. The molecule has 2 aliphatic rings. The van der Waals surface area contributed by atoms with E-state index in [2.05, 4.69) is 27.9 Å². The lowest BCUT2D eigenvalue weighted by Gasteiger charge is -2.57. The van der Waals surface area contributed by atoms with Gasteiger partial charge in [0.25, 0.3) is 0 Å². The zero-order valence-electron chi connectivity index (χ0n) is 16.6. The molecule has 0 bridgehead atoms.